The summed E-state index contributed by atoms with van der Waals surface area (Å²) in [7, 11) is 0. The van der Waals surface area contributed by atoms with Crippen molar-refractivity contribution >= 4 is 11.6 Å². The van der Waals surface area contributed by atoms with Gasteiger partial charge in [-0.25, -0.2) is 9.97 Å². The molecule has 1 aliphatic carbocycles. The van der Waals surface area contributed by atoms with E-state index in [0.29, 0.717) is 0 Å². The van der Waals surface area contributed by atoms with Crippen molar-refractivity contribution < 1.29 is 0 Å². The van der Waals surface area contributed by atoms with E-state index in [4.69, 9.17) is 0 Å². The van der Waals surface area contributed by atoms with Crippen molar-refractivity contribution in [2.24, 2.45) is 0 Å². The van der Waals surface area contributed by atoms with Crippen LogP contribution >= 0.6 is 0 Å². The summed E-state index contributed by atoms with van der Waals surface area (Å²) in [6.07, 6.45) is 3.45. The first kappa shape index (κ1) is 14.4. The second-order valence-corrected chi connectivity index (χ2v) is 6.42. The van der Waals surface area contributed by atoms with Gasteiger partial charge in [0.15, 0.2) is 5.82 Å². The summed E-state index contributed by atoms with van der Waals surface area (Å²) in [5.41, 5.74) is 3.61. The van der Waals surface area contributed by atoms with Crippen molar-refractivity contribution in [2.45, 2.75) is 33.1 Å². The highest BCUT2D eigenvalue weighted by atomic mass is 15.3. The number of aryl methyl sites for hydroxylation is 4. The maximum atomic E-state index is 4.57. The molecule has 2 aromatic rings. The van der Waals surface area contributed by atoms with Crippen LogP contribution in [0.25, 0.3) is 0 Å². The van der Waals surface area contributed by atoms with Crippen LogP contribution in [-0.4, -0.2) is 46.3 Å². The topological polar surface area (TPSA) is 58.0 Å². The molecule has 6 nitrogen and oxygen atoms in total. The van der Waals surface area contributed by atoms with Gasteiger partial charge in [-0.05, 0) is 44.7 Å². The Morgan fingerprint density at radius 3 is 2.30 bits per heavy atom. The van der Waals surface area contributed by atoms with E-state index >= 15 is 0 Å². The Morgan fingerprint density at radius 1 is 0.826 bits per heavy atom. The molecule has 0 amide bonds. The summed E-state index contributed by atoms with van der Waals surface area (Å²) >= 11 is 0. The number of anilines is 2. The van der Waals surface area contributed by atoms with Crippen molar-refractivity contribution in [3.63, 3.8) is 0 Å². The van der Waals surface area contributed by atoms with Crippen LogP contribution in [0.1, 0.15) is 29.2 Å². The highest BCUT2D eigenvalue weighted by molar-refractivity contribution is 5.47. The molecule has 0 N–H and O–H groups in total. The van der Waals surface area contributed by atoms with E-state index < -0.39 is 0 Å². The summed E-state index contributed by atoms with van der Waals surface area (Å²) in [5.74, 6) is 2.90. The Morgan fingerprint density at radius 2 is 1.57 bits per heavy atom. The zero-order chi connectivity index (χ0) is 15.8. The van der Waals surface area contributed by atoms with Crippen LogP contribution < -0.4 is 9.80 Å². The second kappa shape index (κ2) is 5.76. The fraction of sp³-hybridized carbons (Fsp3) is 0.529. The second-order valence-electron chi connectivity index (χ2n) is 6.42. The zero-order valence-electron chi connectivity index (χ0n) is 13.8. The maximum Gasteiger partial charge on any atom is 0.151 e. The van der Waals surface area contributed by atoms with E-state index in [-0.39, 0.29) is 0 Å². The normalized spacial score (nSPS) is 17.5. The minimum atomic E-state index is 0.840. The number of fused-ring (bicyclic) bond motifs is 1. The molecule has 0 unspecified atom stereocenters. The smallest absolute Gasteiger partial charge is 0.151 e. The molecule has 0 spiro atoms. The third-order valence-electron chi connectivity index (χ3n) is 4.69. The van der Waals surface area contributed by atoms with Gasteiger partial charge in [0, 0.05) is 37.9 Å². The third kappa shape index (κ3) is 2.85. The Balaban J connectivity index is 1.46. The number of rotatable bonds is 2. The molecule has 4 rings (SSSR count). The van der Waals surface area contributed by atoms with Gasteiger partial charge < -0.3 is 9.80 Å². The Bertz CT molecular complexity index is 701. The van der Waals surface area contributed by atoms with Crippen LogP contribution in [0.5, 0.6) is 0 Å². The predicted molar refractivity (Wildman–Crippen MR) is 90.0 cm³/mol. The largest absolute Gasteiger partial charge is 0.353 e. The summed E-state index contributed by atoms with van der Waals surface area (Å²) in [5, 5.41) is 8.84. The third-order valence-corrected chi connectivity index (χ3v) is 4.69. The predicted octanol–water partition coefficient (Wildman–Crippen LogP) is 1.70. The summed E-state index contributed by atoms with van der Waals surface area (Å²) in [6, 6.07) is 4.31. The monoisotopic (exact) mass is 310 g/mol. The van der Waals surface area contributed by atoms with E-state index in [2.05, 4.69) is 42.1 Å². The molecule has 1 aliphatic heterocycles. The molecule has 2 aromatic heterocycles. The van der Waals surface area contributed by atoms with Gasteiger partial charge in [0.05, 0.1) is 5.69 Å². The lowest BCUT2D eigenvalue weighted by atomic mass is 10.2. The summed E-state index contributed by atoms with van der Waals surface area (Å²) < 4.78 is 0. The van der Waals surface area contributed by atoms with E-state index in [0.717, 1.165) is 62.2 Å². The van der Waals surface area contributed by atoms with E-state index in [1.54, 1.807) is 0 Å². The van der Waals surface area contributed by atoms with Crippen molar-refractivity contribution in [3.05, 3.63) is 34.9 Å². The van der Waals surface area contributed by atoms with E-state index in [1.807, 2.05) is 13.8 Å². The van der Waals surface area contributed by atoms with Crippen LogP contribution in [0.3, 0.4) is 0 Å². The molecule has 0 bridgehead atoms. The molecule has 0 radical (unpaired) electrons. The maximum absolute atomic E-state index is 4.57. The van der Waals surface area contributed by atoms with Gasteiger partial charge >= 0.3 is 0 Å². The lowest BCUT2D eigenvalue weighted by molar-refractivity contribution is 0.635. The summed E-state index contributed by atoms with van der Waals surface area (Å²) in [4.78, 5) is 13.6. The van der Waals surface area contributed by atoms with Gasteiger partial charge in [0.1, 0.15) is 11.6 Å². The van der Waals surface area contributed by atoms with Gasteiger partial charge in [-0.1, -0.05) is 0 Å². The lowest BCUT2D eigenvalue weighted by Gasteiger charge is -2.36. The molecule has 23 heavy (non-hydrogen) atoms. The first-order chi connectivity index (χ1) is 11.2. The van der Waals surface area contributed by atoms with Gasteiger partial charge in [-0.15, -0.1) is 5.10 Å². The first-order valence-corrected chi connectivity index (χ1v) is 8.37. The van der Waals surface area contributed by atoms with Crippen LogP contribution in [0, 0.1) is 13.8 Å². The van der Waals surface area contributed by atoms with Gasteiger partial charge in [0.25, 0.3) is 0 Å². The highest BCUT2D eigenvalue weighted by Gasteiger charge is 2.22. The number of piperazine rings is 1. The minimum absolute atomic E-state index is 0.840. The molecular formula is C17H22N6. The van der Waals surface area contributed by atoms with Crippen molar-refractivity contribution in [1.29, 1.82) is 0 Å². The van der Waals surface area contributed by atoms with Crippen LogP contribution in [-0.2, 0) is 12.8 Å². The molecule has 2 aliphatic rings. The van der Waals surface area contributed by atoms with Crippen molar-refractivity contribution in [2.75, 3.05) is 36.0 Å². The highest BCUT2D eigenvalue weighted by Crippen LogP contribution is 2.24. The average Bonchev–Trinajstić information content (AvgIpc) is 3.01. The van der Waals surface area contributed by atoms with Crippen molar-refractivity contribution in [3.8, 4) is 0 Å². The molecule has 0 saturated carbocycles. The Labute approximate surface area is 136 Å². The molecule has 6 heteroatoms. The van der Waals surface area contributed by atoms with Crippen LogP contribution in [0.15, 0.2) is 12.1 Å². The van der Waals surface area contributed by atoms with Crippen molar-refractivity contribution in [1.82, 2.24) is 20.2 Å². The number of hydrogen-bond donors (Lipinski definition) is 0. The standard InChI is InChI=1S/C17H22N6/c1-12-10-16(19-13(2)18-12)22-6-8-23(9-7-22)17-11-14-4-3-5-15(14)20-21-17/h10-11H,3-9H2,1-2H3. The van der Waals surface area contributed by atoms with Crippen LogP contribution in [0.4, 0.5) is 11.6 Å². The van der Waals surface area contributed by atoms with E-state index in [1.165, 1.54) is 17.7 Å². The SMILES string of the molecule is Cc1cc(N2CCN(c3cc4c(nn3)CCC4)CC2)nc(C)n1. The fourth-order valence-corrected chi connectivity index (χ4v) is 3.50. The molecular weight excluding hydrogens is 288 g/mol. The number of hydrogen-bond acceptors (Lipinski definition) is 6. The van der Waals surface area contributed by atoms with Crippen LogP contribution in [0.2, 0.25) is 0 Å². The first-order valence-electron chi connectivity index (χ1n) is 8.37. The number of nitrogens with zero attached hydrogens (tertiary/aromatic N) is 6. The minimum Gasteiger partial charge on any atom is -0.353 e. The molecule has 1 fully saturated rings. The molecule has 3 heterocycles. The van der Waals surface area contributed by atoms with Gasteiger partial charge in [-0.2, -0.15) is 5.10 Å². The van der Waals surface area contributed by atoms with E-state index in [9.17, 15) is 0 Å². The lowest BCUT2D eigenvalue weighted by Crippen LogP contribution is -2.47. The Kier molecular flexibility index (Phi) is 3.59. The molecule has 0 atom stereocenters. The number of aromatic nitrogens is 4. The molecule has 120 valence electrons. The molecule has 1 saturated heterocycles. The average molecular weight is 310 g/mol. The fourth-order valence-electron chi connectivity index (χ4n) is 3.50. The zero-order valence-corrected chi connectivity index (χ0v) is 13.8. The van der Waals surface area contributed by atoms with Gasteiger partial charge in [-0.3, -0.25) is 0 Å². The quantitative estimate of drug-likeness (QED) is 0.841. The van der Waals surface area contributed by atoms with Gasteiger partial charge in [0.2, 0.25) is 0 Å². The Hall–Kier alpha value is -2.24. The summed E-state index contributed by atoms with van der Waals surface area (Å²) in [6.45, 7) is 7.79. The molecule has 0 aromatic carbocycles.